The van der Waals surface area contributed by atoms with E-state index >= 15 is 0 Å². The Morgan fingerprint density at radius 2 is 2.19 bits per heavy atom. The lowest BCUT2D eigenvalue weighted by Crippen LogP contribution is -2.42. The maximum Gasteiger partial charge on any atom is 0.257 e. The van der Waals surface area contributed by atoms with Gasteiger partial charge in [0.05, 0.1) is 31.1 Å². The molecule has 1 atom stereocenters. The predicted octanol–water partition coefficient (Wildman–Crippen LogP) is 1.57. The fourth-order valence-corrected chi connectivity index (χ4v) is 4.37. The molecule has 0 unspecified atom stereocenters. The zero-order chi connectivity index (χ0) is 21.0. The van der Waals surface area contributed by atoms with Crippen molar-refractivity contribution in [2.45, 2.75) is 24.3 Å². The Bertz CT molecular complexity index is 1180. The van der Waals surface area contributed by atoms with Gasteiger partial charge in [0.1, 0.15) is 23.0 Å². The number of hydrogen-bond acceptors (Lipinski definition) is 7. The molecule has 6 rings (SSSR count). The Balaban J connectivity index is 1.49. The smallest absolute Gasteiger partial charge is 0.257 e. The van der Waals surface area contributed by atoms with Gasteiger partial charge in [0.25, 0.3) is 5.91 Å². The molecule has 5 heterocycles. The lowest BCUT2D eigenvalue weighted by molar-refractivity contribution is 0.0935. The number of ether oxygens (including phenoxy) is 1. The lowest BCUT2D eigenvalue weighted by Gasteiger charge is -2.27. The van der Waals surface area contributed by atoms with E-state index in [1.54, 1.807) is 10.7 Å². The number of aromatic nitrogens is 4. The number of rotatable bonds is 0. The Labute approximate surface area is 177 Å². The normalized spacial score (nSPS) is 22.4. The monoisotopic (exact) mass is 423 g/mol. The zero-order valence-corrected chi connectivity index (χ0v) is 16.8. The van der Waals surface area contributed by atoms with Crippen LogP contribution in [0.1, 0.15) is 34.7 Å². The minimum absolute atomic E-state index is 0.0803. The van der Waals surface area contributed by atoms with Gasteiger partial charge in [0.2, 0.25) is 0 Å². The maximum absolute atomic E-state index is 14.2. The summed E-state index contributed by atoms with van der Waals surface area (Å²) in [5.41, 5.74) is 1.39. The first-order chi connectivity index (χ1) is 15.1. The van der Waals surface area contributed by atoms with Crippen LogP contribution in [0.2, 0.25) is 0 Å². The van der Waals surface area contributed by atoms with Gasteiger partial charge in [-0.2, -0.15) is 5.10 Å². The molecular formula is C21H22FN7O2. The largest absolute Gasteiger partial charge is 0.379 e. The molecule has 1 saturated carbocycles. The highest BCUT2D eigenvalue weighted by Crippen LogP contribution is 2.37. The molecule has 1 aliphatic carbocycles. The molecule has 0 aromatic carbocycles. The summed E-state index contributed by atoms with van der Waals surface area (Å²) in [5.74, 6) is 0.706. The van der Waals surface area contributed by atoms with Crippen LogP contribution in [0.5, 0.6) is 0 Å². The molecule has 1 amide bonds. The summed E-state index contributed by atoms with van der Waals surface area (Å²) < 4.78 is 21.6. The first kappa shape index (κ1) is 18.5. The predicted molar refractivity (Wildman–Crippen MR) is 111 cm³/mol. The number of nitrogens with one attached hydrogen (secondary N) is 2. The second-order valence-electron chi connectivity index (χ2n) is 8.51. The SMILES string of the molecule is O=C1NC2(CC2)CNc2ncc(F)cc2[C@@H]2COCCN(C2)c2ccn3ncc1c3n2. The van der Waals surface area contributed by atoms with E-state index in [4.69, 9.17) is 9.72 Å². The number of carbonyl (C=O) groups is 1. The third-order valence-electron chi connectivity index (χ3n) is 6.34. The molecule has 2 N–H and O–H groups in total. The van der Waals surface area contributed by atoms with Gasteiger partial charge >= 0.3 is 0 Å². The van der Waals surface area contributed by atoms with Crippen molar-refractivity contribution in [3.05, 3.63) is 47.7 Å². The van der Waals surface area contributed by atoms with E-state index in [1.807, 2.05) is 12.3 Å². The van der Waals surface area contributed by atoms with E-state index in [-0.39, 0.29) is 23.2 Å². The number of pyridine rings is 1. The maximum atomic E-state index is 14.2. The molecule has 1 spiro atoms. The van der Waals surface area contributed by atoms with Crippen molar-refractivity contribution in [1.82, 2.24) is 24.9 Å². The molecule has 4 bridgehead atoms. The van der Waals surface area contributed by atoms with Crippen molar-refractivity contribution in [2.75, 3.05) is 43.1 Å². The van der Waals surface area contributed by atoms with Crippen LogP contribution in [0, 0.1) is 5.82 Å². The summed E-state index contributed by atoms with van der Waals surface area (Å²) in [6.45, 7) is 2.76. The molecule has 9 nitrogen and oxygen atoms in total. The van der Waals surface area contributed by atoms with Crippen LogP contribution in [0.3, 0.4) is 0 Å². The van der Waals surface area contributed by atoms with Crippen LogP contribution < -0.4 is 15.5 Å². The van der Waals surface area contributed by atoms with Crippen molar-refractivity contribution >= 4 is 23.2 Å². The fourth-order valence-electron chi connectivity index (χ4n) is 4.37. The fraction of sp³-hybridized carbons (Fsp3) is 0.429. The van der Waals surface area contributed by atoms with Gasteiger partial charge < -0.3 is 20.3 Å². The Morgan fingerprint density at radius 3 is 3.06 bits per heavy atom. The highest BCUT2D eigenvalue weighted by Gasteiger charge is 2.44. The minimum atomic E-state index is -0.379. The van der Waals surface area contributed by atoms with E-state index in [2.05, 4.69) is 25.6 Å². The summed E-state index contributed by atoms with van der Waals surface area (Å²) >= 11 is 0. The Kier molecular flexibility index (Phi) is 4.10. The van der Waals surface area contributed by atoms with E-state index < -0.39 is 0 Å². The van der Waals surface area contributed by atoms with E-state index in [0.29, 0.717) is 49.9 Å². The third kappa shape index (κ3) is 3.27. The molecule has 3 aromatic heterocycles. The van der Waals surface area contributed by atoms with Gasteiger partial charge in [-0.15, -0.1) is 0 Å². The van der Waals surface area contributed by atoms with E-state index in [1.165, 1.54) is 12.3 Å². The van der Waals surface area contributed by atoms with Crippen LogP contribution in [0.4, 0.5) is 16.0 Å². The first-order valence-corrected chi connectivity index (χ1v) is 10.5. The number of fused-ring (bicyclic) bond motifs is 6. The van der Waals surface area contributed by atoms with Crippen LogP contribution >= 0.6 is 0 Å². The van der Waals surface area contributed by atoms with Crippen LogP contribution in [-0.2, 0) is 4.74 Å². The van der Waals surface area contributed by atoms with Gasteiger partial charge in [0.15, 0.2) is 5.65 Å². The highest BCUT2D eigenvalue weighted by atomic mass is 19.1. The highest BCUT2D eigenvalue weighted by molar-refractivity contribution is 6.00. The van der Waals surface area contributed by atoms with Gasteiger partial charge in [-0.1, -0.05) is 0 Å². The average molecular weight is 423 g/mol. The molecule has 2 aliphatic heterocycles. The summed E-state index contributed by atoms with van der Waals surface area (Å²) in [4.78, 5) is 24.2. The summed E-state index contributed by atoms with van der Waals surface area (Å²) in [7, 11) is 0. The average Bonchev–Trinajstić information content (AvgIpc) is 3.46. The van der Waals surface area contributed by atoms with Gasteiger partial charge in [-0.05, 0) is 25.0 Å². The molecule has 10 heteroatoms. The van der Waals surface area contributed by atoms with Crippen LogP contribution in [0.15, 0.2) is 30.7 Å². The molecule has 1 saturated heterocycles. The Hall–Kier alpha value is -3.27. The molecule has 31 heavy (non-hydrogen) atoms. The van der Waals surface area contributed by atoms with E-state index in [0.717, 1.165) is 24.2 Å². The molecule has 160 valence electrons. The van der Waals surface area contributed by atoms with Crippen molar-refractivity contribution in [1.29, 1.82) is 0 Å². The van der Waals surface area contributed by atoms with Gasteiger partial charge in [-0.3, -0.25) is 4.79 Å². The lowest BCUT2D eigenvalue weighted by atomic mass is 9.99. The van der Waals surface area contributed by atoms with Crippen LogP contribution in [0.25, 0.3) is 5.65 Å². The van der Waals surface area contributed by atoms with Crippen molar-refractivity contribution < 1.29 is 13.9 Å². The third-order valence-corrected chi connectivity index (χ3v) is 6.34. The summed E-state index contributed by atoms with van der Waals surface area (Å²) in [5, 5.41) is 10.8. The van der Waals surface area contributed by atoms with E-state index in [9.17, 15) is 9.18 Å². The number of carbonyl (C=O) groups excluding carboxylic acids is 1. The number of hydrogen-bond donors (Lipinski definition) is 2. The molecule has 0 radical (unpaired) electrons. The number of amides is 1. The molecule has 2 fully saturated rings. The van der Waals surface area contributed by atoms with Gasteiger partial charge in [-0.25, -0.2) is 18.9 Å². The number of halogens is 1. The minimum Gasteiger partial charge on any atom is -0.379 e. The standard InChI is InChI=1S/C21H22FN7O2/c22-14-7-15-13-10-28(5-6-31-11-13)17-1-4-29-19(26-17)16(9-25-29)20(30)27-21(2-3-21)12-24-18(15)23-8-14/h1,4,7-9,13H,2-3,5-6,10-12H2,(H,23,24)(H,27,30)/t13-/m0/s1. The topological polar surface area (TPSA) is 96.7 Å². The summed E-state index contributed by atoms with van der Waals surface area (Å²) in [6.07, 6.45) is 6.31. The van der Waals surface area contributed by atoms with Gasteiger partial charge in [0, 0.05) is 37.3 Å². The number of nitrogens with zero attached hydrogens (tertiary/aromatic N) is 5. The zero-order valence-electron chi connectivity index (χ0n) is 16.8. The van der Waals surface area contributed by atoms with Crippen molar-refractivity contribution in [3.8, 4) is 0 Å². The van der Waals surface area contributed by atoms with Crippen molar-refractivity contribution in [2.24, 2.45) is 0 Å². The quantitative estimate of drug-likeness (QED) is 0.567. The molecule has 3 aromatic rings. The second-order valence-corrected chi connectivity index (χ2v) is 8.51. The van der Waals surface area contributed by atoms with Crippen LogP contribution in [-0.4, -0.2) is 63.9 Å². The number of anilines is 2. The van der Waals surface area contributed by atoms with Crippen molar-refractivity contribution in [3.63, 3.8) is 0 Å². The Morgan fingerprint density at radius 1 is 1.29 bits per heavy atom. The molecular weight excluding hydrogens is 401 g/mol. The summed E-state index contributed by atoms with van der Waals surface area (Å²) in [6, 6.07) is 3.41. The molecule has 3 aliphatic rings. The first-order valence-electron chi connectivity index (χ1n) is 10.5. The second kappa shape index (κ2) is 6.88.